The molecule has 0 heterocycles. The lowest BCUT2D eigenvalue weighted by Crippen LogP contribution is -2.43. The molecule has 0 aromatic heterocycles. The minimum absolute atomic E-state index is 0.159. The predicted molar refractivity (Wildman–Crippen MR) is 79.3 cm³/mol. The number of carbonyl (C=O) groups excluding carboxylic acids is 1. The molecule has 2 N–H and O–H groups in total. The van der Waals surface area contributed by atoms with Gasteiger partial charge in [-0.05, 0) is 29.5 Å². The zero-order valence-corrected chi connectivity index (χ0v) is 12.1. The van der Waals surface area contributed by atoms with Crippen LogP contribution >= 0.6 is 0 Å². The van der Waals surface area contributed by atoms with Gasteiger partial charge in [0.2, 0.25) is 5.91 Å². The molecule has 0 spiro atoms. The van der Waals surface area contributed by atoms with Crippen molar-refractivity contribution in [2.75, 3.05) is 0 Å². The number of hydrogen-bond acceptors (Lipinski definition) is 2. The molecule has 1 atom stereocenters. The molecule has 20 heavy (non-hydrogen) atoms. The van der Waals surface area contributed by atoms with Crippen LogP contribution in [0.3, 0.4) is 0 Å². The Labute approximate surface area is 119 Å². The SMILES string of the molecule is CCc1ccc(/C=C/C(=O)NC(C(=O)O)C(C)C)cc1. The Bertz CT molecular complexity index is 489. The van der Waals surface area contributed by atoms with Crippen molar-refractivity contribution in [3.8, 4) is 0 Å². The molecule has 0 aliphatic heterocycles. The first-order chi connectivity index (χ1) is 9.43. The van der Waals surface area contributed by atoms with E-state index in [-0.39, 0.29) is 5.92 Å². The second kappa shape index (κ2) is 7.48. The highest BCUT2D eigenvalue weighted by Crippen LogP contribution is 2.07. The highest BCUT2D eigenvalue weighted by Gasteiger charge is 2.22. The number of amides is 1. The van der Waals surface area contributed by atoms with Gasteiger partial charge >= 0.3 is 5.97 Å². The lowest BCUT2D eigenvalue weighted by molar-refractivity contribution is -0.142. The Hall–Kier alpha value is -2.10. The van der Waals surface area contributed by atoms with Crippen molar-refractivity contribution in [2.45, 2.75) is 33.2 Å². The summed E-state index contributed by atoms with van der Waals surface area (Å²) in [7, 11) is 0. The lowest BCUT2D eigenvalue weighted by atomic mass is 10.0. The van der Waals surface area contributed by atoms with Crippen LogP contribution in [-0.2, 0) is 16.0 Å². The Morgan fingerprint density at radius 1 is 1.25 bits per heavy atom. The highest BCUT2D eigenvalue weighted by atomic mass is 16.4. The molecular formula is C16H21NO3. The molecule has 1 amide bonds. The summed E-state index contributed by atoms with van der Waals surface area (Å²) in [4.78, 5) is 22.7. The van der Waals surface area contributed by atoms with Crippen LogP contribution in [0.1, 0.15) is 31.9 Å². The second-order valence-electron chi connectivity index (χ2n) is 5.00. The molecule has 4 heteroatoms. The van der Waals surface area contributed by atoms with Gasteiger partial charge in [-0.1, -0.05) is 45.0 Å². The fourth-order valence-electron chi connectivity index (χ4n) is 1.75. The largest absolute Gasteiger partial charge is 0.480 e. The molecule has 0 saturated heterocycles. The van der Waals surface area contributed by atoms with Gasteiger partial charge in [0.1, 0.15) is 6.04 Å². The molecule has 1 unspecified atom stereocenters. The fourth-order valence-corrected chi connectivity index (χ4v) is 1.75. The van der Waals surface area contributed by atoms with Crippen LogP contribution < -0.4 is 5.32 Å². The Morgan fingerprint density at radius 2 is 1.85 bits per heavy atom. The number of aryl methyl sites for hydroxylation is 1. The number of benzene rings is 1. The molecule has 108 valence electrons. The maximum Gasteiger partial charge on any atom is 0.326 e. The summed E-state index contributed by atoms with van der Waals surface area (Å²) in [6.45, 7) is 5.59. The summed E-state index contributed by atoms with van der Waals surface area (Å²) < 4.78 is 0. The third kappa shape index (κ3) is 4.88. The average Bonchev–Trinajstić information content (AvgIpc) is 2.42. The Balaban J connectivity index is 2.64. The molecular weight excluding hydrogens is 254 g/mol. The number of carboxylic acids is 1. The van der Waals surface area contributed by atoms with Crippen LogP contribution in [0.5, 0.6) is 0 Å². The van der Waals surface area contributed by atoms with Gasteiger partial charge in [0, 0.05) is 6.08 Å². The van der Waals surface area contributed by atoms with E-state index in [9.17, 15) is 9.59 Å². The van der Waals surface area contributed by atoms with Gasteiger partial charge in [-0.2, -0.15) is 0 Å². The van der Waals surface area contributed by atoms with Crippen LogP contribution in [0.4, 0.5) is 0 Å². The molecule has 4 nitrogen and oxygen atoms in total. The number of hydrogen-bond donors (Lipinski definition) is 2. The highest BCUT2D eigenvalue weighted by molar-refractivity contribution is 5.94. The van der Waals surface area contributed by atoms with Crippen LogP contribution in [0.15, 0.2) is 30.3 Å². The molecule has 0 bridgehead atoms. The van der Waals surface area contributed by atoms with E-state index in [2.05, 4.69) is 12.2 Å². The zero-order chi connectivity index (χ0) is 15.1. The molecule has 0 saturated carbocycles. The number of nitrogens with one attached hydrogen (secondary N) is 1. The minimum atomic E-state index is -1.02. The van der Waals surface area contributed by atoms with E-state index in [4.69, 9.17) is 5.11 Å². The number of carbonyl (C=O) groups is 2. The Morgan fingerprint density at radius 3 is 2.30 bits per heavy atom. The van der Waals surface area contributed by atoms with Crippen molar-refractivity contribution in [3.63, 3.8) is 0 Å². The predicted octanol–water partition coefficient (Wildman–Crippen LogP) is 2.49. The number of rotatable bonds is 6. The van der Waals surface area contributed by atoms with Crippen LogP contribution in [0.25, 0.3) is 6.08 Å². The van der Waals surface area contributed by atoms with Crippen molar-refractivity contribution < 1.29 is 14.7 Å². The van der Waals surface area contributed by atoms with Gasteiger partial charge in [0.15, 0.2) is 0 Å². The van der Waals surface area contributed by atoms with E-state index in [1.807, 2.05) is 24.3 Å². The van der Waals surface area contributed by atoms with Crippen molar-refractivity contribution in [1.82, 2.24) is 5.32 Å². The van der Waals surface area contributed by atoms with Gasteiger partial charge in [0.05, 0.1) is 0 Å². The van der Waals surface area contributed by atoms with Crippen molar-refractivity contribution in [1.29, 1.82) is 0 Å². The molecule has 1 aromatic rings. The van der Waals surface area contributed by atoms with E-state index >= 15 is 0 Å². The number of aliphatic carboxylic acids is 1. The van der Waals surface area contributed by atoms with Gasteiger partial charge in [-0.15, -0.1) is 0 Å². The summed E-state index contributed by atoms with van der Waals surface area (Å²) in [6.07, 6.45) is 4.01. The summed E-state index contributed by atoms with van der Waals surface area (Å²) >= 11 is 0. The third-order valence-electron chi connectivity index (χ3n) is 3.05. The van der Waals surface area contributed by atoms with Gasteiger partial charge < -0.3 is 10.4 Å². The summed E-state index contributed by atoms with van der Waals surface area (Å²) in [6, 6.07) is 7.01. The second-order valence-corrected chi connectivity index (χ2v) is 5.00. The molecule has 1 aromatic carbocycles. The lowest BCUT2D eigenvalue weighted by Gasteiger charge is -2.16. The first-order valence-corrected chi connectivity index (χ1v) is 6.74. The zero-order valence-electron chi connectivity index (χ0n) is 12.1. The van der Waals surface area contributed by atoms with Gasteiger partial charge in [0.25, 0.3) is 0 Å². The maximum absolute atomic E-state index is 11.7. The van der Waals surface area contributed by atoms with E-state index < -0.39 is 17.9 Å². The summed E-state index contributed by atoms with van der Waals surface area (Å²) in [5.41, 5.74) is 2.14. The molecule has 0 aliphatic rings. The quantitative estimate of drug-likeness (QED) is 0.784. The van der Waals surface area contributed by atoms with Crippen LogP contribution in [0.2, 0.25) is 0 Å². The number of carboxylic acid groups (broad SMARTS) is 1. The molecule has 0 radical (unpaired) electrons. The Kier molecular flexibility index (Phi) is 5.97. The van der Waals surface area contributed by atoms with Crippen molar-refractivity contribution in [2.24, 2.45) is 5.92 Å². The molecule has 0 fully saturated rings. The standard InChI is InChI=1S/C16H21NO3/c1-4-12-5-7-13(8-6-12)9-10-14(18)17-15(11(2)3)16(19)20/h5-11,15H,4H2,1-3H3,(H,17,18)(H,19,20)/b10-9+. The monoisotopic (exact) mass is 275 g/mol. The minimum Gasteiger partial charge on any atom is -0.480 e. The van der Waals surface area contributed by atoms with E-state index in [1.54, 1.807) is 19.9 Å². The van der Waals surface area contributed by atoms with Crippen molar-refractivity contribution >= 4 is 18.0 Å². The smallest absolute Gasteiger partial charge is 0.326 e. The summed E-state index contributed by atoms with van der Waals surface area (Å²) in [5.74, 6) is -1.58. The fraction of sp³-hybridized carbons (Fsp3) is 0.375. The van der Waals surface area contributed by atoms with Gasteiger partial charge in [-0.3, -0.25) is 4.79 Å². The molecule has 0 aliphatic carbocycles. The topological polar surface area (TPSA) is 66.4 Å². The van der Waals surface area contributed by atoms with E-state index in [0.717, 1.165) is 12.0 Å². The average molecular weight is 275 g/mol. The maximum atomic E-state index is 11.7. The van der Waals surface area contributed by atoms with Crippen LogP contribution in [0, 0.1) is 5.92 Å². The summed E-state index contributed by atoms with van der Waals surface area (Å²) in [5, 5.41) is 11.5. The molecule has 1 rings (SSSR count). The van der Waals surface area contributed by atoms with E-state index in [1.165, 1.54) is 11.6 Å². The van der Waals surface area contributed by atoms with Crippen molar-refractivity contribution in [3.05, 3.63) is 41.5 Å². The van der Waals surface area contributed by atoms with Crippen LogP contribution in [-0.4, -0.2) is 23.0 Å². The van der Waals surface area contributed by atoms with E-state index in [0.29, 0.717) is 0 Å². The third-order valence-corrected chi connectivity index (χ3v) is 3.05. The first-order valence-electron chi connectivity index (χ1n) is 6.74. The first kappa shape index (κ1) is 16.0. The normalized spacial score (nSPS) is 12.6. The van der Waals surface area contributed by atoms with Gasteiger partial charge in [-0.25, -0.2) is 4.79 Å².